The third kappa shape index (κ3) is 3.85. The van der Waals surface area contributed by atoms with Crippen LogP contribution in [-0.2, 0) is 14.8 Å². The summed E-state index contributed by atoms with van der Waals surface area (Å²) in [5.41, 5.74) is 0. The molecule has 1 aliphatic heterocycles. The van der Waals surface area contributed by atoms with Crippen molar-refractivity contribution in [3.8, 4) is 5.75 Å². The van der Waals surface area contributed by atoms with Crippen molar-refractivity contribution in [2.24, 2.45) is 5.92 Å². The zero-order valence-corrected chi connectivity index (χ0v) is 15.1. The second-order valence-corrected chi connectivity index (χ2v) is 8.57. The Labute approximate surface area is 140 Å². The van der Waals surface area contributed by atoms with Gasteiger partial charge in [0, 0.05) is 19.2 Å². The Morgan fingerprint density at radius 1 is 1.48 bits per heavy atom. The van der Waals surface area contributed by atoms with E-state index in [0.717, 1.165) is 30.7 Å². The molecule has 130 valence electrons. The molecule has 0 spiro atoms. The van der Waals surface area contributed by atoms with Crippen molar-refractivity contribution in [3.05, 3.63) is 10.9 Å². The largest absolute Gasteiger partial charge is 0.494 e. The first-order valence-electron chi connectivity index (χ1n) is 7.35. The number of hydrogen-bond donors (Lipinski definition) is 1. The van der Waals surface area contributed by atoms with Crippen molar-refractivity contribution in [2.75, 3.05) is 40.9 Å². The van der Waals surface area contributed by atoms with Crippen LogP contribution in [0.2, 0.25) is 0 Å². The van der Waals surface area contributed by atoms with Crippen molar-refractivity contribution in [3.63, 3.8) is 0 Å². The number of carbonyl (C=O) groups excluding carboxylic acids is 1. The number of nitrogens with zero attached hydrogens (tertiary/aromatic N) is 1. The topological polar surface area (TPSA) is 84.9 Å². The zero-order valence-electron chi connectivity index (χ0n) is 13.5. The lowest BCUT2D eigenvalue weighted by atomic mass is 10.00. The van der Waals surface area contributed by atoms with Crippen molar-refractivity contribution in [1.29, 1.82) is 0 Å². The molecule has 2 rings (SSSR count). The van der Waals surface area contributed by atoms with Crippen LogP contribution in [0.15, 0.2) is 10.3 Å². The Kier molecular flexibility index (Phi) is 6.01. The summed E-state index contributed by atoms with van der Waals surface area (Å²) in [6, 6.07) is 1.42. The monoisotopic (exact) mass is 362 g/mol. The van der Waals surface area contributed by atoms with E-state index < -0.39 is 16.0 Å². The van der Waals surface area contributed by atoms with Gasteiger partial charge in [0.25, 0.3) is 10.0 Å². The molecule has 0 amide bonds. The van der Waals surface area contributed by atoms with Gasteiger partial charge in [0.15, 0.2) is 9.96 Å². The van der Waals surface area contributed by atoms with Crippen LogP contribution in [0.25, 0.3) is 0 Å². The molecule has 7 nitrogen and oxygen atoms in total. The zero-order chi connectivity index (χ0) is 17.0. The maximum atomic E-state index is 12.9. The van der Waals surface area contributed by atoms with E-state index in [9.17, 15) is 13.2 Å². The third-order valence-corrected chi connectivity index (χ3v) is 7.28. The van der Waals surface area contributed by atoms with Crippen LogP contribution < -0.4 is 10.1 Å². The van der Waals surface area contributed by atoms with Crippen LogP contribution in [0.1, 0.15) is 22.5 Å². The fraction of sp³-hybridized carbons (Fsp3) is 0.643. The SMILES string of the molecule is CNCC1CCCN(S(=O)(=O)c2sc(C(=O)OC)cc2OC)C1. The van der Waals surface area contributed by atoms with Crippen LogP contribution in [0.5, 0.6) is 5.75 Å². The molecule has 0 aromatic carbocycles. The highest BCUT2D eigenvalue weighted by atomic mass is 32.2. The van der Waals surface area contributed by atoms with Gasteiger partial charge < -0.3 is 14.8 Å². The summed E-state index contributed by atoms with van der Waals surface area (Å²) in [4.78, 5) is 11.9. The Balaban J connectivity index is 2.31. The standard InChI is InChI=1S/C14H22N2O5S2/c1-15-8-10-5-4-6-16(9-10)23(18,19)14-11(20-2)7-12(22-14)13(17)21-3/h7,10,15H,4-6,8-9H2,1-3H3. The smallest absolute Gasteiger partial charge is 0.348 e. The number of piperidine rings is 1. The molecule has 23 heavy (non-hydrogen) atoms. The Morgan fingerprint density at radius 3 is 2.83 bits per heavy atom. The highest BCUT2D eigenvalue weighted by Gasteiger charge is 2.34. The average Bonchev–Trinajstić information content (AvgIpc) is 3.00. The fourth-order valence-corrected chi connectivity index (χ4v) is 5.89. The molecule has 1 N–H and O–H groups in total. The van der Waals surface area contributed by atoms with Gasteiger partial charge in [-0.05, 0) is 32.4 Å². The molecular formula is C14H22N2O5S2. The number of ether oxygens (including phenoxy) is 2. The van der Waals surface area contributed by atoms with Crippen LogP contribution in [0.4, 0.5) is 0 Å². The third-order valence-electron chi connectivity index (χ3n) is 3.82. The summed E-state index contributed by atoms with van der Waals surface area (Å²) in [7, 11) is 0.824. The van der Waals surface area contributed by atoms with Crippen LogP contribution in [-0.4, -0.2) is 59.6 Å². The molecule has 9 heteroatoms. The number of rotatable bonds is 6. The van der Waals surface area contributed by atoms with E-state index in [4.69, 9.17) is 4.74 Å². The van der Waals surface area contributed by atoms with Gasteiger partial charge in [0.05, 0.1) is 14.2 Å². The summed E-state index contributed by atoms with van der Waals surface area (Å²) in [6.07, 6.45) is 1.82. The molecule has 0 saturated carbocycles. The minimum Gasteiger partial charge on any atom is -0.494 e. The highest BCUT2D eigenvalue weighted by Crippen LogP contribution is 2.37. The molecule has 0 radical (unpaired) electrons. The minimum atomic E-state index is -3.69. The first kappa shape index (κ1) is 18.2. The number of esters is 1. The Bertz CT molecular complexity index is 654. The van der Waals surface area contributed by atoms with E-state index in [0.29, 0.717) is 13.1 Å². The van der Waals surface area contributed by atoms with Crippen molar-refractivity contribution in [2.45, 2.75) is 17.1 Å². The van der Waals surface area contributed by atoms with E-state index in [1.165, 1.54) is 24.6 Å². The molecule has 0 bridgehead atoms. The van der Waals surface area contributed by atoms with Crippen LogP contribution >= 0.6 is 11.3 Å². The molecular weight excluding hydrogens is 340 g/mol. The number of sulfonamides is 1. The van der Waals surface area contributed by atoms with Gasteiger partial charge in [-0.15, -0.1) is 11.3 Å². The molecule has 1 atom stereocenters. The van der Waals surface area contributed by atoms with Crippen LogP contribution in [0.3, 0.4) is 0 Å². The number of nitrogens with one attached hydrogen (secondary N) is 1. The number of carbonyl (C=O) groups is 1. The summed E-state index contributed by atoms with van der Waals surface area (Å²) in [5, 5.41) is 3.09. The molecule has 1 fully saturated rings. The molecule has 2 heterocycles. The first-order valence-corrected chi connectivity index (χ1v) is 9.60. The van der Waals surface area contributed by atoms with Gasteiger partial charge in [-0.2, -0.15) is 4.31 Å². The normalized spacial score (nSPS) is 19.5. The van der Waals surface area contributed by atoms with Gasteiger partial charge in [0.2, 0.25) is 0 Å². The van der Waals surface area contributed by atoms with E-state index in [-0.39, 0.29) is 20.8 Å². The summed E-state index contributed by atoms with van der Waals surface area (Å²) < 4.78 is 37.2. The predicted octanol–water partition coefficient (Wildman–Crippen LogP) is 1.16. The second kappa shape index (κ2) is 7.61. The van der Waals surface area contributed by atoms with E-state index in [1.807, 2.05) is 7.05 Å². The van der Waals surface area contributed by atoms with E-state index in [1.54, 1.807) is 0 Å². The molecule has 1 aliphatic rings. The average molecular weight is 362 g/mol. The van der Waals surface area contributed by atoms with E-state index >= 15 is 0 Å². The van der Waals surface area contributed by atoms with Crippen molar-refractivity contribution >= 4 is 27.3 Å². The quantitative estimate of drug-likeness (QED) is 0.765. The number of hydrogen-bond acceptors (Lipinski definition) is 7. The summed E-state index contributed by atoms with van der Waals surface area (Å²) >= 11 is 0.887. The maximum absolute atomic E-state index is 12.9. The molecule has 0 aliphatic carbocycles. The summed E-state index contributed by atoms with van der Waals surface area (Å²) in [5.74, 6) is -0.0952. The molecule has 1 aromatic rings. The van der Waals surface area contributed by atoms with Crippen molar-refractivity contribution < 1.29 is 22.7 Å². The second-order valence-electron chi connectivity index (χ2n) is 5.39. The molecule has 1 saturated heterocycles. The van der Waals surface area contributed by atoms with Gasteiger partial charge in [-0.1, -0.05) is 0 Å². The van der Waals surface area contributed by atoms with Gasteiger partial charge in [-0.3, -0.25) is 0 Å². The predicted molar refractivity (Wildman–Crippen MR) is 87.6 cm³/mol. The highest BCUT2D eigenvalue weighted by molar-refractivity contribution is 7.91. The Hall–Kier alpha value is -1.16. The first-order chi connectivity index (χ1) is 10.9. The lowest BCUT2D eigenvalue weighted by Gasteiger charge is -2.31. The van der Waals surface area contributed by atoms with Gasteiger partial charge in [-0.25, -0.2) is 13.2 Å². The number of thiophene rings is 1. The molecule has 1 unspecified atom stereocenters. The van der Waals surface area contributed by atoms with Gasteiger partial charge in [0.1, 0.15) is 4.88 Å². The molecule has 1 aromatic heterocycles. The maximum Gasteiger partial charge on any atom is 0.348 e. The minimum absolute atomic E-state index is 0.0607. The lowest BCUT2D eigenvalue weighted by molar-refractivity contribution is 0.0606. The van der Waals surface area contributed by atoms with Crippen LogP contribution in [0, 0.1) is 5.92 Å². The lowest BCUT2D eigenvalue weighted by Crippen LogP contribution is -2.42. The van der Waals surface area contributed by atoms with E-state index in [2.05, 4.69) is 10.1 Å². The Morgan fingerprint density at radius 2 is 2.22 bits per heavy atom. The fourth-order valence-electron chi connectivity index (χ4n) is 2.70. The summed E-state index contributed by atoms with van der Waals surface area (Å²) in [6.45, 7) is 1.73. The van der Waals surface area contributed by atoms with Gasteiger partial charge >= 0.3 is 5.97 Å². The van der Waals surface area contributed by atoms with Crippen molar-refractivity contribution in [1.82, 2.24) is 9.62 Å². The number of methoxy groups -OCH3 is 2.